The highest BCUT2D eigenvalue weighted by Crippen LogP contribution is 2.30. The van der Waals surface area contributed by atoms with E-state index < -0.39 is 29.8 Å². The summed E-state index contributed by atoms with van der Waals surface area (Å²) in [5, 5.41) is 11.8. The molecule has 41 heavy (non-hydrogen) atoms. The Kier molecular flexibility index (Phi) is 11.5. The third kappa shape index (κ3) is 10.4. The van der Waals surface area contributed by atoms with Gasteiger partial charge in [0.1, 0.15) is 18.2 Å². The quantitative estimate of drug-likeness (QED) is 0.216. The Balaban J connectivity index is 1.61. The van der Waals surface area contributed by atoms with Crippen molar-refractivity contribution in [1.29, 1.82) is 0 Å². The number of nitrogens with one attached hydrogen (secondary N) is 1. The van der Waals surface area contributed by atoms with E-state index in [1.807, 2.05) is 0 Å². The number of ether oxygens (including phenoxy) is 2. The molecule has 0 saturated carbocycles. The summed E-state index contributed by atoms with van der Waals surface area (Å²) in [4.78, 5) is 25.8. The van der Waals surface area contributed by atoms with Crippen LogP contribution in [0.5, 0.6) is 5.75 Å². The van der Waals surface area contributed by atoms with Crippen molar-refractivity contribution < 1.29 is 41.7 Å². The van der Waals surface area contributed by atoms with Gasteiger partial charge >= 0.3 is 18.2 Å². The lowest BCUT2D eigenvalue weighted by Crippen LogP contribution is -2.38. The first-order chi connectivity index (χ1) is 19.5. The highest BCUT2D eigenvalue weighted by Gasteiger charge is 2.30. The predicted molar refractivity (Wildman–Crippen MR) is 145 cm³/mol. The van der Waals surface area contributed by atoms with Crippen molar-refractivity contribution in [3.8, 4) is 5.75 Å². The minimum atomic E-state index is -4.55. The SMILES string of the molecule is CCOC(Cc1ccc(OCCN(CCCc2ccc(F)cc2)C(=O)Nc2cccc(C(F)(F)F)c2)cc1)C(=O)O. The van der Waals surface area contributed by atoms with Crippen molar-refractivity contribution in [2.24, 2.45) is 0 Å². The molecule has 0 aromatic heterocycles. The number of amides is 2. The molecule has 0 aliphatic heterocycles. The summed E-state index contributed by atoms with van der Waals surface area (Å²) in [6.07, 6.45) is -4.21. The fourth-order valence-corrected chi connectivity index (χ4v) is 4.04. The Morgan fingerprint density at radius 3 is 2.29 bits per heavy atom. The Hall–Kier alpha value is -4.12. The summed E-state index contributed by atoms with van der Waals surface area (Å²) >= 11 is 0. The minimum absolute atomic E-state index is 0.0107. The van der Waals surface area contributed by atoms with Crippen LogP contribution in [0.2, 0.25) is 0 Å². The number of benzene rings is 3. The number of halogens is 4. The molecule has 0 aliphatic carbocycles. The monoisotopic (exact) mass is 576 g/mol. The number of carboxylic acid groups (broad SMARTS) is 1. The zero-order valence-electron chi connectivity index (χ0n) is 22.5. The number of carboxylic acids is 1. The lowest BCUT2D eigenvalue weighted by atomic mass is 10.1. The molecule has 0 radical (unpaired) electrons. The molecule has 0 saturated heterocycles. The number of nitrogens with zero attached hydrogens (tertiary/aromatic N) is 1. The van der Waals surface area contributed by atoms with Crippen molar-refractivity contribution in [3.05, 3.63) is 95.3 Å². The molecule has 0 aliphatic rings. The molecule has 0 heterocycles. The number of alkyl halides is 3. The molecule has 1 unspecified atom stereocenters. The maximum atomic E-state index is 13.2. The van der Waals surface area contributed by atoms with Crippen molar-refractivity contribution in [1.82, 2.24) is 4.90 Å². The van der Waals surface area contributed by atoms with Crippen molar-refractivity contribution >= 4 is 17.7 Å². The van der Waals surface area contributed by atoms with E-state index in [-0.39, 0.29) is 44.2 Å². The van der Waals surface area contributed by atoms with Gasteiger partial charge in [-0.25, -0.2) is 14.0 Å². The van der Waals surface area contributed by atoms with Crippen LogP contribution in [0.1, 0.15) is 30.0 Å². The van der Waals surface area contributed by atoms with Crippen LogP contribution in [0.4, 0.5) is 28.0 Å². The first kappa shape index (κ1) is 31.4. The number of anilines is 1. The second-order valence-electron chi connectivity index (χ2n) is 9.20. The molecule has 0 bridgehead atoms. The number of rotatable bonds is 14. The van der Waals surface area contributed by atoms with Crippen molar-refractivity contribution in [2.45, 2.75) is 38.5 Å². The topological polar surface area (TPSA) is 88.1 Å². The summed E-state index contributed by atoms with van der Waals surface area (Å²) in [7, 11) is 0. The lowest BCUT2D eigenvalue weighted by Gasteiger charge is -2.23. The average Bonchev–Trinajstić information content (AvgIpc) is 2.93. The van der Waals surface area contributed by atoms with Crippen molar-refractivity contribution in [2.75, 3.05) is 31.6 Å². The van der Waals surface area contributed by atoms with Gasteiger partial charge in [0.15, 0.2) is 6.10 Å². The maximum absolute atomic E-state index is 13.2. The van der Waals surface area contributed by atoms with Gasteiger partial charge in [0, 0.05) is 25.3 Å². The molecule has 0 spiro atoms. The summed E-state index contributed by atoms with van der Waals surface area (Å²) in [5.74, 6) is -0.895. The molecular formula is C30H32F4N2O5. The number of urea groups is 1. The van der Waals surface area contributed by atoms with Gasteiger partial charge in [-0.1, -0.05) is 30.3 Å². The minimum Gasteiger partial charge on any atom is -0.492 e. The van der Waals surface area contributed by atoms with E-state index in [1.54, 1.807) is 43.3 Å². The molecule has 0 fully saturated rings. The van der Waals surface area contributed by atoms with Crippen LogP contribution in [0.25, 0.3) is 0 Å². The zero-order chi connectivity index (χ0) is 29.8. The summed E-state index contributed by atoms with van der Waals surface area (Å²) in [6.45, 7) is 2.52. The largest absolute Gasteiger partial charge is 0.492 e. The molecule has 3 aromatic carbocycles. The number of hydrogen-bond acceptors (Lipinski definition) is 4. The van der Waals surface area contributed by atoms with E-state index in [1.165, 1.54) is 29.2 Å². The molecule has 11 heteroatoms. The van der Waals surface area contributed by atoms with Crippen LogP contribution in [-0.2, 0) is 28.5 Å². The van der Waals surface area contributed by atoms with Gasteiger partial charge in [0.2, 0.25) is 0 Å². The molecule has 3 rings (SSSR count). The number of carbonyl (C=O) groups excluding carboxylic acids is 1. The Morgan fingerprint density at radius 1 is 0.976 bits per heavy atom. The summed E-state index contributed by atoms with van der Waals surface area (Å²) in [6, 6.07) is 16.6. The van der Waals surface area contributed by atoms with Gasteiger partial charge in [-0.15, -0.1) is 0 Å². The first-order valence-corrected chi connectivity index (χ1v) is 13.1. The molecule has 2 N–H and O–H groups in total. The van der Waals surface area contributed by atoms with E-state index in [4.69, 9.17) is 9.47 Å². The normalized spacial score (nSPS) is 12.0. The highest BCUT2D eigenvalue weighted by molar-refractivity contribution is 5.89. The fourth-order valence-electron chi connectivity index (χ4n) is 4.04. The molecule has 220 valence electrons. The van der Waals surface area contributed by atoms with E-state index >= 15 is 0 Å². The van der Waals surface area contributed by atoms with Gasteiger partial charge in [0.05, 0.1) is 12.1 Å². The van der Waals surface area contributed by atoms with Crippen LogP contribution in [-0.4, -0.2) is 54.4 Å². The average molecular weight is 577 g/mol. The van der Waals surface area contributed by atoms with E-state index in [2.05, 4.69) is 5.32 Å². The second kappa shape index (κ2) is 15.0. The summed E-state index contributed by atoms with van der Waals surface area (Å²) in [5.41, 5.74) is 0.772. The van der Waals surface area contributed by atoms with Crippen LogP contribution in [0.3, 0.4) is 0 Å². The summed E-state index contributed by atoms with van der Waals surface area (Å²) < 4.78 is 63.5. The van der Waals surface area contributed by atoms with Gasteiger partial charge < -0.3 is 24.8 Å². The predicted octanol–water partition coefficient (Wildman–Crippen LogP) is 6.42. The lowest BCUT2D eigenvalue weighted by molar-refractivity contribution is -0.150. The number of aryl methyl sites for hydroxylation is 1. The zero-order valence-corrected chi connectivity index (χ0v) is 22.5. The molecule has 3 aromatic rings. The van der Waals surface area contributed by atoms with Gasteiger partial charge in [-0.2, -0.15) is 13.2 Å². The maximum Gasteiger partial charge on any atom is 0.416 e. The molecule has 2 amide bonds. The number of hydrogen-bond donors (Lipinski definition) is 2. The highest BCUT2D eigenvalue weighted by atomic mass is 19.4. The Labute approximate surface area is 235 Å². The smallest absolute Gasteiger partial charge is 0.416 e. The number of aliphatic carboxylic acids is 1. The number of carbonyl (C=O) groups is 2. The van der Waals surface area contributed by atoms with Crippen LogP contribution in [0.15, 0.2) is 72.8 Å². The third-order valence-electron chi connectivity index (χ3n) is 6.15. The second-order valence-corrected chi connectivity index (χ2v) is 9.20. The van der Waals surface area contributed by atoms with Gasteiger partial charge in [0.25, 0.3) is 0 Å². The van der Waals surface area contributed by atoms with Crippen molar-refractivity contribution in [3.63, 3.8) is 0 Å². The Bertz CT molecular complexity index is 1270. The fraction of sp³-hybridized carbons (Fsp3) is 0.333. The van der Waals surface area contributed by atoms with E-state index in [0.717, 1.165) is 23.3 Å². The molecular weight excluding hydrogens is 544 g/mol. The van der Waals surface area contributed by atoms with E-state index in [9.17, 15) is 32.3 Å². The molecule has 7 nitrogen and oxygen atoms in total. The first-order valence-electron chi connectivity index (χ1n) is 13.1. The van der Waals surface area contributed by atoms with Crippen LogP contribution in [0, 0.1) is 5.82 Å². The van der Waals surface area contributed by atoms with Crippen LogP contribution < -0.4 is 10.1 Å². The van der Waals surface area contributed by atoms with Gasteiger partial charge in [-0.05, 0) is 73.4 Å². The Morgan fingerprint density at radius 2 is 1.66 bits per heavy atom. The standard InChI is InChI=1S/C30H32F4N2O5/c1-2-40-27(28(37)38)19-22-10-14-26(15-11-22)41-18-17-36(16-4-5-21-8-12-24(31)13-9-21)29(39)35-25-7-3-6-23(20-25)30(32,33)34/h3,6-15,20,27H,2,4-5,16-19H2,1H3,(H,35,39)(H,37,38). The third-order valence-corrected chi connectivity index (χ3v) is 6.15. The van der Waals surface area contributed by atoms with E-state index in [0.29, 0.717) is 18.6 Å². The molecule has 1 atom stereocenters. The van der Waals surface area contributed by atoms with Crippen LogP contribution >= 0.6 is 0 Å². The van der Waals surface area contributed by atoms with Gasteiger partial charge in [-0.3, -0.25) is 0 Å².